The second-order valence-corrected chi connectivity index (χ2v) is 5.86. The highest BCUT2D eigenvalue weighted by Gasteiger charge is 2.30. The molecule has 1 unspecified atom stereocenters. The molecule has 1 aliphatic heterocycles. The lowest BCUT2D eigenvalue weighted by atomic mass is 10.0. The van der Waals surface area contributed by atoms with Gasteiger partial charge in [0.1, 0.15) is 17.3 Å². The number of hydrogen-bond donors (Lipinski definition) is 0. The molecule has 0 fully saturated rings. The van der Waals surface area contributed by atoms with Crippen LogP contribution in [0, 0.1) is 12.7 Å². The van der Waals surface area contributed by atoms with Crippen LogP contribution in [-0.4, -0.2) is 25.0 Å². The molecule has 0 aromatic heterocycles. The first-order chi connectivity index (χ1) is 12.4. The molecule has 0 radical (unpaired) electrons. The minimum Gasteiger partial charge on any atom is -0.479 e. The third kappa shape index (κ3) is 3.31. The van der Waals surface area contributed by atoms with E-state index in [1.54, 1.807) is 38.1 Å². The van der Waals surface area contributed by atoms with Crippen molar-refractivity contribution < 1.29 is 28.2 Å². The maximum atomic E-state index is 13.8. The molecule has 0 bridgehead atoms. The molecule has 0 saturated carbocycles. The normalized spacial score (nSPS) is 15.4. The molecular formula is C20H17FO5. The summed E-state index contributed by atoms with van der Waals surface area (Å²) in [5.74, 6) is -0.566. The molecule has 0 spiro atoms. The number of aryl methyl sites for hydroxylation is 1. The summed E-state index contributed by atoms with van der Waals surface area (Å²) >= 11 is 0. The Kier molecular flexibility index (Phi) is 4.75. The first-order valence-corrected chi connectivity index (χ1v) is 7.98. The standard InChI is InChI=1S/C20H17FO5/c1-11-8-14(25-12(2)20(23)24-3)10-16-18(11)19(22)17(26-16)9-13-6-4-5-7-15(13)21/h4-10,12H,1-3H3/b17-9-. The number of Topliss-reactive ketones (excluding diaryl/α,β-unsaturated/α-hetero) is 1. The van der Waals surface area contributed by atoms with E-state index < -0.39 is 17.9 Å². The molecular weight excluding hydrogens is 339 g/mol. The number of ketones is 1. The highest BCUT2D eigenvalue weighted by molar-refractivity contribution is 6.15. The molecule has 1 heterocycles. The molecule has 2 aromatic carbocycles. The number of benzene rings is 2. The third-order valence-electron chi connectivity index (χ3n) is 3.98. The zero-order valence-corrected chi connectivity index (χ0v) is 14.5. The Morgan fingerprint density at radius 1 is 1.27 bits per heavy atom. The Morgan fingerprint density at radius 2 is 2.00 bits per heavy atom. The summed E-state index contributed by atoms with van der Waals surface area (Å²) in [6, 6.07) is 9.28. The molecule has 26 heavy (non-hydrogen) atoms. The Morgan fingerprint density at radius 3 is 2.69 bits per heavy atom. The van der Waals surface area contributed by atoms with Gasteiger partial charge in [-0.2, -0.15) is 0 Å². The second-order valence-electron chi connectivity index (χ2n) is 5.86. The van der Waals surface area contributed by atoms with E-state index in [1.807, 2.05) is 0 Å². The fourth-order valence-corrected chi connectivity index (χ4v) is 2.70. The Hall–Kier alpha value is -3.15. The largest absolute Gasteiger partial charge is 0.479 e. The number of esters is 1. The van der Waals surface area contributed by atoms with Crippen molar-refractivity contribution in [3.63, 3.8) is 0 Å². The van der Waals surface area contributed by atoms with E-state index in [1.165, 1.54) is 25.3 Å². The number of hydrogen-bond acceptors (Lipinski definition) is 5. The van der Waals surface area contributed by atoms with Crippen LogP contribution < -0.4 is 9.47 Å². The SMILES string of the molecule is COC(=O)C(C)Oc1cc(C)c2c(c1)O/C(=C\c1ccccc1F)C2=O. The van der Waals surface area contributed by atoms with Gasteiger partial charge in [0.05, 0.1) is 12.7 Å². The highest BCUT2D eigenvalue weighted by atomic mass is 19.1. The maximum Gasteiger partial charge on any atom is 0.346 e. The molecule has 1 aliphatic rings. The predicted molar refractivity (Wildman–Crippen MR) is 92.6 cm³/mol. The van der Waals surface area contributed by atoms with Gasteiger partial charge in [0.15, 0.2) is 11.9 Å². The minimum atomic E-state index is -0.803. The summed E-state index contributed by atoms with van der Waals surface area (Å²) in [7, 11) is 1.28. The van der Waals surface area contributed by atoms with Crippen molar-refractivity contribution in [2.45, 2.75) is 20.0 Å². The molecule has 0 aliphatic carbocycles. The van der Waals surface area contributed by atoms with E-state index in [9.17, 15) is 14.0 Å². The molecule has 0 saturated heterocycles. The van der Waals surface area contributed by atoms with Gasteiger partial charge in [0, 0.05) is 11.6 Å². The number of fused-ring (bicyclic) bond motifs is 1. The summed E-state index contributed by atoms with van der Waals surface area (Å²) in [6.45, 7) is 3.30. The van der Waals surface area contributed by atoms with Gasteiger partial charge in [-0.05, 0) is 37.6 Å². The maximum absolute atomic E-state index is 13.8. The number of rotatable bonds is 4. The molecule has 5 nitrogen and oxygen atoms in total. The lowest BCUT2D eigenvalue weighted by Gasteiger charge is -2.13. The molecule has 134 valence electrons. The quantitative estimate of drug-likeness (QED) is 0.618. The van der Waals surface area contributed by atoms with Crippen LogP contribution in [-0.2, 0) is 9.53 Å². The molecule has 6 heteroatoms. The number of ether oxygens (including phenoxy) is 3. The van der Waals surface area contributed by atoms with Gasteiger partial charge < -0.3 is 14.2 Å². The second kappa shape index (κ2) is 7.00. The number of carbonyl (C=O) groups excluding carboxylic acids is 2. The highest BCUT2D eigenvalue weighted by Crippen LogP contribution is 2.37. The van der Waals surface area contributed by atoms with Gasteiger partial charge in [-0.15, -0.1) is 0 Å². The Balaban J connectivity index is 1.91. The monoisotopic (exact) mass is 356 g/mol. The van der Waals surface area contributed by atoms with Crippen molar-refractivity contribution in [2.24, 2.45) is 0 Å². The lowest BCUT2D eigenvalue weighted by molar-refractivity contribution is -0.147. The zero-order valence-electron chi connectivity index (χ0n) is 14.5. The Labute approximate surface area is 150 Å². The first kappa shape index (κ1) is 17.7. The van der Waals surface area contributed by atoms with Crippen LogP contribution in [0.15, 0.2) is 42.2 Å². The fraction of sp³-hybridized carbons (Fsp3) is 0.200. The lowest BCUT2D eigenvalue weighted by Crippen LogP contribution is -2.24. The van der Waals surface area contributed by atoms with Gasteiger partial charge in [-0.3, -0.25) is 4.79 Å². The molecule has 2 aromatic rings. The summed E-state index contributed by atoms with van der Waals surface area (Å²) in [5.41, 5.74) is 1.29. The van der Waals surface area contributed by atoms with Crippen LogP contribution in [0.5, 0.6) is 11.5 Å². The van der Waals surface area contributed by atoms with Crippen LogP contribution in [0.3, 0.4) is 0 Å². The third-order valence-corrected chi connectivity index (χ3v) is 3.98. The fourth-order valence-electron chi connectivity index (χ4n) is 2.70. The van der Waals surface area contributed by atoms with Crippen molar-refractivity contribution >= 4 is 17.8 Å². The van der Waals surface area contributed by atoms with Gasteiger partial charge in [0.25, 0.3) is 0 Å². The molecule has 0 amide bonds. The number of carbonyl (C=O) groups is 2. The van der Waals surface area contributed by atoms with Crippen LogP contribution in [0.1, 0.15) is 28.4 Å². The van der Waals surface area contributed by atoms with Gasteiger partial charge in [0.2, 0.25) is 5.78 Å². The van der Waals surface area contributed by atoms with Crippen molar-refractivity contribution in [1.82, 2.24) is 0 Å². The van der Waals surface area contributed by atoms with Crippen LogP contribution in [0.2, 0.25) is 0 Å². The van der Waals surface area contributed by atoms with E-state index in [-0.39, 0.29) is 17.1 Å². The number of methoxy groups -OCH3 is 1. The van der Waals surface area contributed by atoms with E-state index in [0.717, 1.165) is 0 Å². The van der Waals surface area contributed by atoms with Gasteiger partial charge in [-0.25, -0.2) is 9.18 Å². The van der Waals surface area contributed by atoms with Crippen LogP contribution in [0.4, 0.5) is 4.39 Å². The number of allylic oxidation sites excluding steroid dienone is 1. The Bertz CT molecular complexity index is 916. The minimum absolute atomic E-state index is 0.0337. The predicted octanol–water partition coefficient (Wildman–Crippen LogP) is 3.69. The van der Waals surface area contributed by atoms with Crippen molar-refractivity contribution in [3.05, 3.63) is 64.7 Å². The van der Waals surface area contributed by atoms with Crippen molar-refractivity contribution in [1.29, 1.82) is 0 Å². The zero-order chi connectivity index (χ0) is 18.8. The summed E-state index contributed by atoms with van der Waals surface area (Å²) in [4.78, 5) is 24.1. The van der Waals surface area contributed by atoms with Crippen LogP contribution in [0.25, 0.3) is 6.08 Å². The molecule has 3 rings (SSSR count). The summed E-state index contributed by atoms with van der Waals surface area (Å²) < 4.78 is 29.6. The first-order valence-electron chi connectivity index (χ1n) is 7.98. The van der Waals surface area contributed by atoms with Gasteiger partial charge >= 0.3 is 5.97 Å². The van der Waals surface area contributed by atoms with Gasteiger partial charge in [-0.1, -0.05) is 18.2 Å². The van der Waals surface area contributed by atoms with Crippen molar-refractivity contribution in [2.75, 3.05) is 7.11 Å². The van der Waals surface area contributed by atoms with E-state index in [0.29, 0.717) is 22.6 Å². The smallest absolute Gasteiger partial charge is 0.346 e. The van der Waals surface area contributed by atoms with E-state index in [4.69, 9.17) is 9.47 Å². The molecule has 1 atom stereocenters. The van der Waals surface area contributed by atoms with E-state index >= 15 is 0 Å². The molecule has 0 N–H and O–H groups in total. The topological polar surface area (TPSA) is 61.8 Å². The summed E-state index contributed by atoms with van der Waals surface area (Å²) in [6.07, 6.45) is 0.567. The average molecular weight is 356 g/mol. The van der Waals surface area contributed by atoms with Crippen molar-refractivity contribution in [3.8, 4) is 11.5 Å². The summed E-state index contributed by atoms with van der Waals surface area (Å²) in [5, 5.41) is 0. The number of halogens is 1. The average Bonchev–Trinajstić information content (AvgIpc) is 2.92. The van der Waals surface area contributed by atoms with Crippen LogP contribution >= 0.6 is 0 Å². The van der Waals surface area contributed by atoms with E-state index in [2.05, 4.69) is 4.74 Å².